The molecule has 0 fully saturated rings. The lowest BCUT2D eigenvalue weighted by Gasteiger charge is -2.16. The largest absolute Gasteiger partial charge is 0.377 e. The third-order valence-electron chi connectivity index (χ3n) is 3.18. The first kappa shape index (κ1) is 13.7. The van der Waals surface area contributed by atoms with Crippen LogP contribution in [0.2, 0.25) is 9.36 Å². The molecule has 1 aromatic carbocycles. The molecule has 0 saturated carbocycles. The summed E-state index contributed by atoms with van der Waals surface area (Å²) in [4.78, 5) is 4.42. The first-order valence-electron chi connectivity index (χ1n) is 6.19. The second kappa shape index (κ2) is 5.60. The molecule has 0 aliphatic heterocycles. The Hall–Kier alpha value is -1.29. The van der Waals surface area contributed by atoms with E-state index in [4.69, 9.17) is 23.2 Å². The number of benzene rings is 1. The number of fused-ring (bicyclic) bond motifs is 1. The summed E-state index contributed by atoms with van der Waals surface area (Å²) < 4.78 is 0.799. The van der Waals surface area contributed by atoms with Gasteiger partial charge in [0, 0.05) is 17.6 Å². The van der Waals surface area contributed by atoms with Gasteiger partial charge in [-0.15, -0.1) is 11.3 Å². The van der Waals surface area contributed by atoms with Crippen LogP contribution in [0, 0.1) is 0 Å². The first-order chi connectivity index (χ1) is 9.65. The van der Waals surface area contributed by atoms with Crippen molar-refractivity contribution in [2.24, 2.45) is 0 Å². The molecule has 20 heavy (non-hydrogen) atoms. The minimum Gasteiger partial charge on any atom is -0.377 e. The van der Waals surface area contributed by atoms with Gasteiger partial charge in [0.15, 0.2) is 0 Å². The Labute approximate surface area is 131 Å². The molecule has 102 valence electrons. The zero-order valence-corrected chi connectivity index (χ0v) is 13.1. The number of anilines is 1. The topological polar surface area (TPSA) is 24.9 Å². The molecule has 0 amide bonds. The van der Waals surface area contributed by atoms with Gasteiger partial charge in [-0.1, -0.05) is 23.2 Å². The highest BCUT2D eigenvalue weighted by molar-refractivity contribution is 7.14. The van der Waals surface area contributed by atoms with E-state index in [1.807, 2.05) is 30.3 Å². The molecule has 1 unspecified atom stereocenters. The summed E-state index contributed by atoms with van der Waals surface area (Å²) in [6, 6.07) is 9.85. The van der Waals surface area contributed by atoms with Crippen LogP contribution in [0.3, 0.4) is 0 Å². The Bertz CT molecular complexity index is 754. The van der Waals surface area contributed by atoms with Crippen molar-refractivity contribution in [3.05, 3.63) is 56.8 Å². The van der Waals surface area contributed by atoms with Gasteiger partial charge in [-0.05, 0) is 48.2 Å². The molecule has 0 bridgehead atoms. The zero-order chi connectivity index (χ0) is 14.1. The van der Waals surface area contributed by atoms with Crippen LogP contribution in [0.15, 0.2) is 41.9 Å². The van der Waals surface area contributed by atoms with Crippen LogP contribution in [0.5, 0.6) is 0 Å². The molecule has 2 heterocycles. The molecule has 1 atom stereocenters. The fourth-order valence-electron chi connectivity index (χ4n) is 2.12. The van der Waals surface area contributed by atoms with Crippen LogP contribution in [0.25, 0.3) is 10.9 Å². The van der Waals surface area contributed by atoms with E-state index in [1.54, 1.807) is 6.20 Å². The Kier molecular flexibility index (Phi) is 3.83. The van der Waals surface area contributed by atoms with Crippen LogP contribution < -0.4 is 5.32 Å². The number of hydrogen-bond acceptors (Lipinski definition) is 3. The standard InChI is InChI=1S/C15H12Cl2N2S/c1-9(10-7-14(17)20-8-10)19-13-5-4-12(16)11-3-2-6-18-15(11)13/h2-9,19H,1H3. The molecule has 2 nitrogen and oxygen atoms in total. The molecule has 2 aromatic heterocycles. The van der Waals surface area contributed by atoms with Crippen molar-refractivity contribution < 1.29 is 0 Å². The van der Waals surface area contributed by atoms with Gasteiger partial charge in [0.05, 0.1) is 20.6 Å². The molecular formula is C15H12Cl2N2S. The zero-order valence-electron chi connectivity index (χ0n) is 10.7. The fourth-order valence-corrected chi connectivity index (χ4v) is 3.32. The molecule has 0 aliphatic rings. The van der Waals surface area contributed by atoms with Crippen molar-refractivity contribution in [2.45, 2.75) is 13.0 Å². The van der Waals surface area contributed by atoms with Gasteiger partial charge in [0.25, 0.3) is 0 Å². The Morgan fingerprint density at radius 2 is 2.10 bits per heavy atom. The third-order valence-corrected chi connectivity index (χ3v) is 4.62. The lowest BCUT2D eigenvalue weighted by Crippen LogP contribution is -2.06. The van der Waals surface area contributed by atoms with E-state index in [0.717, 1.165) is 20.9 Å². The number of nitrogens with one attached hydrogen (secondary N) is 1. The Balaban J connectivity index is 1.97. The average molecular weight is 323 g/mol. The summed E-state index contributed by atoms with van der Waals surface area (Å²) in [5.41, 5.74) is 3.02. The lowest BCUT2D eigenvalue weighted by atomic mass is 10.1. The Morgan fingerprint density at radius 3 is 2.85 bits per heavy atom. The van der Waals surface area contributed by atoms with E-state index >= 15 is 0 Å². The minimum absolute atomic E-state index is 0.158. The molecule has 0 spiro atoms. The molecule has 0 saturated heterocycles. The van der Waals surface area contributed by atoms with Gasteiger partial charge in [-0.2, -0.15) is 0 Å². The smallest absolute Gasteiger partial charge is 0.0948 e. The number of thiophene rings is 1. The van der Waals surface area contributed by atoms with Gasteiger partial charge < -0.3 is 5.32 Å². The number of rotatable bonds is 3. The van der Waals surface area contributed by atoms with Crippen molar-refractivity contribution in [3.63, 3.8) is 0 Å². The van der Waals surface area contributed by atoms with Crippen LogP contribution >= 0.6 is 34.5 Å². The SMILES string of the molecule is CC(Nc1ccc(Cl)c2cccnc12)c1csc(Cl)c1. The summed E-state index contributed by atoms with van der Waals surface area (Å²) in [5, 5.41) is 7.20. The van der Waals surface area contributed by atoms with Crippen molar-refractivity contribution in [1.29, 1.82) is 0 Å². The summed E-state index contributed by atoms with van der Waals surface area (Å²) >= 11 is 13.7. The summed E-state index contributed by atoms with van der Waals surface area (Å²) in [6.07, 6.45) is 1.77. The van der Waals surface area contributed by atoms with E-state index in [1.165, 1.54) is 16.9 Å². The number of hydrogen-bond donors (Lipinski definition) is 1. The highest BCUT2D eigenvalue weighted by Gasteiger charge is 2.11. The van der Waals surface area contributed by atoms with Gasteiger partial charge in [0.2, 0.25) is 0 Å². The molecule has 5 heteroatoms. The second-order valence-corrected chi connectivity index (χ2v) is 6.49. The number of halogens is 2. The molecular weight excluding hydrogens is 311 g/mol. The quantitative estimate of drug-likeness (QED) is 0.661. The van der Waals surface area contributed by atoms with Crippen molar-refractivity contribution in [2.75, 3.05) is 5.32 Å². The van der Waals surface area contributed by atoms with Crippen LogP contribution in [0.4, 0.5) is 5.69 Å². The fraction of sp³-hybridized carbons (Fsp3) is 0.133. The first-order valence-corrected chi connectivity index (χ1v) is 7.82. The molecule has 1 N–H and O–H groups in total. The van der Waals surface area contributed by atoms with Crippen molar-refractivity contribution in [3.8, 4) is 0 Å². The maximum atomic E-state index is 6.20. The molecule has 0 aliphatic carbocycles. The molecule has 3 rings (SSSR count). The predicted molar refractivity (Wildman–Crippen MR) is 88.1 cm³/mol. The predicted octanol–water partition coefficient (Wildman–Crippen LogP) is 5.78. The second-order valence-electron chi connectivity index (χ2n) is 4.54. The van der Waals surface area contributed by atoms with Gasteiger partial charge in [-0.25, -0.2) is 0 Å². The van der Waals surface area contributed by atoms with Crippen molar-refractivity contribution in [1.82, 2.24) is 4.98 Å². The van der Waals surface area contributed by atoms with Crippen LogP contribution in [-0.4, -0.2) is 4.98 Å². The lowest BCUT2D eigenvalue weighted by molar-refractivity contribution is 0.892. The maximum Gasteiger partial charge on any atom is 0.0948 e. The van der Waals surface area contributed by atoms with Crippen LogP contribution in [-0.2, 0) is 0 Å². The van der Waals surface area contributed by atoms with Gasteiger partial charge in [-0.3, -0.25) is 4.98 Å². The number of pyridine rings is 1. The Morgan fingerprint density at radius 1 is 1.25 bits per heavy atom. The highest BCUT2D eigenvalue weighted by atomic mass is 35.5. The summed E-state index contributed by atoms with van der Waals surface area (Å²) in [6.45, 7) is 2.10. The van der Waals surface area contributed by atoms with Gasteiger partial charge >= 0.3 is 0 Å². The van der Waals surface area contributed by atoms with E-state index in [9.17, 15) is 0 Å². The molecule has 0 radical (unpaired) electrons. The maximum absolute atomic E-state index is 6.20. The average Bonchev–Trinajstić information content (AvgIpc) is 2.89. The summed E-state index contributed by atoms with van der Waals surface area (Å²) in [7, 11) is 0. The normalized spacial score (nSPS) is 12.6. The third kappa shape index (κ3) is 2.62. The minimum atomic E-state index is 0.158. The van der Waals surface area contributed by atoms with Gasteiger partial charge in [0.1, 0.15) is 0 Å². The monoisotopic (exact) mass is 322 g/mol. The molecule has 3 aromatic rings. The summed E-state index contributed by atoms with van der Waals surface area (Å²) in [5.74, 6) is 0. The number of aromatic nitrogens is 1. The number of nitrogens with zero attached hydrogens (tertiary/aromatic N) is 1. The van der Waals surface area contributed by atoms with Crippen molar-refractivity contribution >= 4 is 51.1 Å². The van der Waals surface area contributed by atoms with E-state index in [2.05, 4.69) is 22.6 Å². The van der Waals surface area contributed by atoms with Crippen LogP contribution in [0.1, 0.15) is 18.5 Å². The van der Waals surface area contributed by atoms with E-state index in [-0.39, 0.29) is 6.04 Å². The highest BCUT2D eigenvalue weighted by Crippen LogP contribution is 2.32. The van der Waals surface area contributed by atoms with E-state index < -0.39 is 0 Å². The van der Waals surface area contributed by atoms with E-state index in [0.29, 0.717) is 5.02 Å².